The molecule has 0 radical (unpaired) electrons. The van der Waals surface area contributed by atoms with E-state index in [9.17, 15) is 0 Å². The van der Waals surface area contributed by atoms with Crippen LogP contribution in [0.4, 0.5) is 0 Å². The quantitative estimate of drug-likeness (QED) is 0.711. The smallest absolute Gasteiger partial charge is 0.182 e. The molecule has 0 atom stereocenters. The molecule has 0 amide bonds. The first kappa shape index (κ1) is 8.85. The van der Waals surface area contributed by atoms with E-state index in [4.69, 9.17) is 5.26 Å². The molecule has 0 fully saturated rings. The van der Waals surface area contributed by atoms with E-state index in [0.717, 1.165) is 17.3 Å². The number of hydrogen-bond acceptors (Lipinski definition) is 4. The van der Waals surface area contributed by atoms with Gasteiger partial charge in [-0.1, -0.05) is 29.8 Å². The van der Waals surface area contributed by atoms with Crippen molar-refractivity contribution in [2.24, 2.45) is 0 Å². The highest BCUT2D eigenvalue weighted by molar-refractivity contribution is 6.99. The topological polar surface area (TPSA) is 49.6 Å². The van der Waals surface area contributed by atoms with Gasteiger partial charge < -0.3 is 0 Å². The van der Waals surface area contributed by atoms with Crippen LogP contribution in [0.3, 0.4) is 0 Å². The van der Waals surface area contributed by atoms with Gasteiger partial charge in [0.25, 0.3) is 0 Å². The Bertz CT molecular complexity index is 479. The lowest BCUT2D eigenvalue weighted by molar-refractivity contribution is 1.38. The number of hydrogen-bond donors (Lipinski definition) is 0. The van der Waals surface area contributed by atoms with Crippen LogP contribution in [0.15, 0.2) is 24.3 Å². The average molecular weight is 201 g/mol. The van der Waals surface area contributed by atoms with Crippen molar-refractivity contribution < 1.29 is 0 Å². The van der Waals surface area contributed by atoms with Crippen LogP contribution in [-0.2, 0) is 0 Å². The van der Waals surface area contributed by atoms with Crippen LogP contribution >= 0.6 is 11.7 Å². The van der Waals surface area contributed by atoms with E-state index in [1.54, 1.807) is 0 Å². The summed E-state index contributed by atoms with van der Waals surface area (Å²) < 4.78 is 8.00. The summed E-state index contributed by atoms with van der Waals surface area (Å²) >= 11 is 1.07. The Morgan fingerprint density at radius 1 is 1.21 bits per heavy atom. The molecule has 14 heavy (non-hydrogen) atoms. The molecule has 0 saturated carbocycles. The van der Waals surface area contributed by atoms with E-state index in [-0.39, 0.29) is 0 Å². The lowest BCUT2D eigenvalue weighted by Gasteiger charge is -1.96. The summed E-state index contributed by atoms with van der Waals surface area (Å²) in [5.41, 5.74) is 3.22. The number of aromatic nitrogens is 2. The first-order valence-electron chi connectivity index (χ1n) is 4.11. The number of nitrogens with zero attached hydrogens (tertiary/aromatic N) is 3. The first-order chi connectivity index (χ1) is 6.81. The normalized spacial score (nSPS) is 9.71. The summed E-state index contributed by atoms with van der Waals surface area (Å²) in [7, 11) is 0. The third-order valence-electron chi connectivity index (χ3n) is 1.92. The molecule has 0 unspecified atom stereocenters. The highest BCUT2D eigenvalue weighted by Crippen LogP contribution is 2.21. The van der Waals surface area contributed by atoms with E-state index in [2.05, 4.69) is 8.75 Å². The molecule has 0 aliphatic carbocycles. The molecule has 0 spiro atoms. The van der Waals surface area contributed by atoms with Crippen molar-refractivity contribution in [3.63, 3.8) is 0 Å². The Kier molecular flexibility index (Phi) is 2.25. The van der Waals surface area contributed by atoms with Gasteiger partial charge in [0.05, 0.1) is 11.7 Å². The fraction of sp³-hybridized carbons (Fsp3) is 0.100. The zero-order chi connectivity index (χ0) is 9.97. The number of nitriles is 1. The second-order valence-electron chi connectivity index (χ2n) is 2.94. The van der Waals surface area contributed by atoms with Crippen LogP contribution < -0.4 is 0 Å². The largest absolute Gasteiger partial charge is 0.191 e. The van der Waals surface area contributed by atoms with Gasteiger partial charge in [-0.2, -0.15) is 14.0 Å². The van der Waals surface area contributed by atoms with E-state index >= 15 is 0 Å². The Balaban J connectivity index is 2.50. The van der Waals surface area contributed by atoms with Gasteiger partial charge in [0.15, 0.2) is 5.69 Å². The molecule has 1 heterocycles. The molecule has 4 heteroatoms. The van der Waals surface area contributed by atoms with E-state index < -0.39 is 0 Å². The van der Waals surface area contributed by atoms with Crippen molar-refractivity contribution in [2.45, 2.75) is 6.92 Å². The molecule has 0 saturated heterocycles. The van der Waals surface area contributed by atoms with E-state index in [1.165, 1.54) is 5.56 Å². The first-order valence-corrected chi connectivity index (χ1v) is 4.84. The molecule has 0 N–H and O–H groups in total. The molecular weight excluding hydrogens is 194 g/mol. The van der Waals surface area contributed by atoms with Crippen LogP contribution in [0.2, 0.25) is 0 Å². The highest BCUT2D eigenvalue weighted by atomic mass is 32.1. The van der Waals surface area contributed by atoms with Crippen LogP contribution in [0.25, 0.3) is 11.3 Å². The van der Waals surface area contributed by atoms with Crippen molar-refractivity contribution >= 4 is 11.7 Å². The third kappa shape index (κ3) is 1.50. The van der Waals surface area contributed by atoms with Gasteiger partial charge in [-0.05, 0) is 6.92 Å². The molecule has 1 aromatic carbocycles. The molecular formula is C10H7N3S. The molecule has 2 rings (SSSR count). The molecule has 0 aliphatic rings. The minimum absolute atomic E-state index is 0.402. The summed E-state index contributed by atoms with van der Waals surface area (Å²) in [5.74, 6) is 0. The summed E-state index contributed by atoms with van der Waals surface area (Å²) in [6, 6.07) is 9.92. The van der Waals surface area contributed by atoms with Gasteiger partial charge in [-0.3, -0.25) is 0 Å². The fourth-order valence-corrected chi connectivity index (χ4v) is 1.69. The molecule has 1 aromatic heterocycles. The van der Waals surface area contributed by atoms with Gasteiger partial charge >= 0.3 is 0 Å². The number of benzene rings is 1. The minimum Gasteiger partial charge on any atom is -0.191 e. The molecule has 68 valence electrons. The SMILES string of the molecule is Cc1ccc(-c2nsnc2C#N)cc1. The molecule has 3 nitrogen and oxygen atoms in total. The third-order valence-corrected chi connectivity index (χ3v) is 2.45. The Hall–Kier alpha value is -1.73. The van der Waals surface area contributed by atoms with Crippen LogP contribution in [0.5, 0.6) is 0 Å². The lowest BCUT2D eigenvalue weighted by Crippen LogP contribution is -1.82. The number of aryl methyl sites for hydroxylation is 1. The van der Waals surface area contributed by atoms with Crippen molar-refractivity contribution in [1.29, 1.82) is 5.26 Å². The van der Waals surface area contributed by atoms with Crippen molar-refractivity contribution in [2.75, 3.05) is 0 Å². The predicted molar refractivity (Wildman–Crippen MR) is 54.8 cm³/mol. The zero-order valence-corrected chi connectivity index (χ0v) is 8.38. The van der Waals surface area contributed by atoms with Crippen molar-refractivity contribution in [3.05, 3.63) is 35.5 Å². The van der Waals surface area contributed by atoms with Gasteiger partial charge in [-0.15, -0.1) is 0 Å². The predicted octanol–water partition coefficient (Wildman–Crippen LogP) is 2.39. The van der Waals surface area contributed by atoms with Crippen molar-refractivity contribution in [3.8, 4) is 17.3 Å². The van der Waals surface area contributed by atoms with Gasteiger partial charge in [0, 0.05) is 5.56 Å². The van der Waals surface area contributed by atoms with Crippen LogP contribution in [0, 0.1) is 18.3 Å². The number of rotatable bonds is 1. The maximum absolute atomic E-state index is 8.78. The lowest BCUT2D eigenvalue weighted by atomic mass is 10.1. The maximum Gasteiger partial charge on any atom is 0.182 e. The summed E-state index contributed by atoms with van der Waals surface area (Å²) in [4.78, 5) is 0. The van der Waals surface area contributed by atoms with E-state index in [1.807, 2.05) is 37.3 Å². The van der Waals surface area contributed by atoms with Crippen LogP contribution in [0.1, 0.15) is 11.3 Å². The zero-order valence-electron chi connectivity index (χ0n) is 7.56. The van der Waals surface area contributed by atoms with Gasteiger partial charge in [-0.25, -0.2) is 0 Å². The second-order valence-corrected chi connectivity index (χ2v) is 3.47. The van der Waals surface area contributed by atoms with Crippen molar-refractivity contribution in [1.82, 2.24) is 8.75 Å². The summed E-state index contributed by atoms with van der Waals surface area (Å²) in [6.45, 7) is 2.02. The monoisotopic (exact) mass is 201 g/mol. The minimum atomic E-state index is 0.402. The highest BCUT2D eigenvalue weighted by Gasteiger charge is 2.08. The fourth-order valence-electron chi connectivity index (χ4n) is 1.16. The van der Waals surface area contributed by atoms with Gasteiger partial charge in [0.1, 0.15) is 11.8 Å². The second kappa shape index (κ2) is 3.56. The standard InChI is InChI=1S/C10H7N3S/c1-7-2-4-8(5-3-7)10-9(6-11)12-14-13-10/h2-5H,1H3. The van der Waals surface area contributed by atoms with Gasteiger partial charge in [0.2, 0.25) is 0 Å². The molecule has 0 bridgehead atoms. The Labute approximate surface area is 86.0 Å². The summed E-state index contributed by atoms with van der Waals surface area (Å²) in [5, 5.41) is 8.78. The Morgan fingerprint density at radius 2 is 1.93 bits per heavy atom. The van der Waals surface area contributed by atoms with E-state index in [0.29, 0.717) is 11.4 Å². The molecule has 2 aromatic rings. The summed E-state index contributed by atoms with van der Waals surface area (Å²) in [6.07, 6.45) is 0. The van der Waals surface area contributed by atoms with Crippen LogP contribution in [-0.4, -0.2) is 8.75 Å². The maximum atomic E-state index is 8.78. The average Bonchev–Trinajstić information content (AvgIpc) is 2.67. The Morgan fingerprint density at radius 3 is 2.57 bits per heavy atom. The molecule has 0 aliphatic heterocycles.